The molecule has 146 valence electrons. The molecule has 0 unspecified atom stereocenters. The maximum atomic E-state index is 12.4. The van der Waals surface area contributed by atoms with Gasteiger partial charge < -0.3 is 5.32 Å². The Balaban J connectivity index is 1.38. The van der Waals surface area contributed by atoms with Gasteiger partial charge >= 0.3 is 0 Å². The van der Waals surface area contributed by atoms with Gasteiger partial charge in [0, 0.05) is 12.7 Å². The summed E-state index contributed by atoms with van der Waals surface area (Å²) in [4.78, 5) is 12.4. The van der Waals surface area contributed by atoms with Crippen LogP contribution in [-0.2, 0) is 12.8 Å². The van der Waals surface area contributed by atoms with Gasteiger partial charge in [-0.1, -0.05) is 40.8 Å². The van der Waals surface area contributed by atoms with Gasteiger partial charge in [-0.3, -0.25) is 13.8 Å². The summed E-state index contributed by atoms with van der Waals surface area (Å²) in [5, 5.41) is 22.9. The summed E-state index contributed by atoms with van der Waals surface area (Å²) < 4.78 is 5.01. The molecule has 5 aromatic rings. The second-order valence-electron chi connectivity index (χ2n) is 6.40. The summed E-state index contributed by atoms with van der Waals surface area (Å²) in [6.07, 6.45) is 0. The Morgan fingerprint density at radius 3 is 2.76 bits per heavy atom. The van der Waals surface area contributed by atoms with Crippen LogP contribution in [0.5, 0.6) is 0 Å². The van der Waals surface area contributed by atoms with E-state index in [0.29, 0.717) is 16.2 Å². The molecule has 0 amide bonds. The summed E-state index contributed by atoms with van der Waals surface area (Å²) >= 11 is 4.46. The highest BCUT2D eigenvalue weighted by molar-refractivity contribution is 8.00. The molecule has 0 aliphatic heterocycles. The van der Waals surface area contributed by atoms with E-state index < -0.39 is 0 Å². The predicted molar refractivity (Wildman–Crippen MR) is 118 cm³/mol. The summed E-state index contributed by atoms with van der Waals surface area (Å²) in [6, 6.07) is 10.1. The molecular formula is C18H15N7OS3. The van der Waals surface area contributed by atoms with E-state index in [9.17, 15) is 4.79 Å². The fraction of sp³-hybridized carbons (Fsp3) is 0.167. The van der Waals surface area contributed by atoms with Crippen LogP contribution >= 0.6 is 34.4 Å². The average molecular weight is 442 g/mol. The van der Waals surface area contributed by atoms with E-state index in [4.69, 9.17) is 0 Å². The third kappa shape index (κ3) is 3.30. The molecule has 4 heterocycles. The van der Waals surface area contributed by atoms with Crippen molar-refractivity contribution >= 4 is 61.2 Å². The standard InChI is InChI=1S/C18H15N7OS3/c1-10-3-5-11(6-4-10)19-16-21-23-18(29-16)28-9-13-20-22-17-24(2)15(26)14-12(25(13)17)7-8-27-14/h3-8H,9H2,1-2H3,(H,19,21). The zero-order valence-electron chi connectivity index (χ0n) is 15.5. The minimum atomic E-state index is -0.0509. The van der Waals surface area contributed by atoms with Gasteiger partial charge in [0.25, 0.3) is 5.56 Å². The number of nitrogens with one attached hydrogen (secondary N) is 1. The lowest BCUT2D eigenvalue weighted by atomic mass is 10.2. The molecule has 0 saturated heterocycles. The third-order valence-corrected chi connectivity index (χ3v) is 7.29. The van der Waals surface area contributed by atoms with E-state index in [0.717, 1.165) is 26.5 Å². The number of aromatic nitrogens is 6. The number of benzene rings is 1. The Labute approximate surface area is 177 Å². The van der Waals surface area contributed by atoms with Crippen LogP contribution in [0.1, 0.15) is 11.4 Å². The van der Waals surface area contributed by atoms with Crippen molar-refractivity contribution in [2.45, 2.75) is 17.0 Å². The van der Waals surface area contributed by atoms with Gasteiger partial charge in [-0.05, 0) is 30.5 Å². The molecule has 8 nitrogen and oxygen atoms in total. The predicted octanol–water partition coefficient (Wildman–Crippen LogP) is 3.84. The highest BCUT2D eigenvalue weighted by atomic mass is 32.2. The quantitative estimate of drug-likeness (QED) is 0.415. The molecule has 0 atom stereocenters. The number of hydrogen-bond acceptors (Lipinski definition) is 9. The van der Waals surface area contributed by atoms with Crippen LogP contribution in [0.4, 0.5) is 10.8 Å². The number of nitrogens with zero attached hydrogens (tertiary/aromatic N) is 6. The number of fused-ring (bicyclic) bond motifs is 3. The molecule has 0 bridgehead atoms. The number of aryl methyl sites for hydroxylation is 2. The molecule has 29 heavy (non-hydrogen) atoms. The average Bonchev–Trinajstić information content (AvgIpc) is 3.45. The second kappa shape index (κ2) is 7.25. The van der Waals surface area contributed by atoms with Crippen LogP contribution in [-0.4, -0.2) is 29.4 Å². The van der Waals surface area contributed by atoms with Crippen LogP contribution in [0, 0.1) is 6.92 Å². The Kier molecular flexibility index (Phi) is 4.57. The van der Waals surface area contributed by atoms with Crippen molar-refractivity contribution in [2.75, 3.05) is 5.32 Å². The Hall–Kier alpha value is -2.76. The SMILES string of the molecule is Cc1ccc(Nc2nnc(SCc3nnc4n(C)c(=O)c5sccc5n34)s2)cc1. The van der Waals surface area contributed by atoms with Crippen molar-refractivity contribution in [3.05, 3.63) is 57.5 Å². The van der Waals surface area contributed by atoms with Crippen molar-refractivity contribution in [3.8, 4) is 0 Å². The van der Waals surface area contributed by atoms with Gasteiger partial charge in [0.15, 0.2) is 4.34 Å². The Morgan fingerprint density at radius 1 is 1.10 bits per heavy atom. The van der Waals surface area contributed by atoms with E-state index in [-0.39, 0.29) is 5.56 Å². The second-order valence-corrected chi connectivity index (χ2v) is 9.52. The molecule has 0 saturated carbocycles. The Bertz CT molecular complexity index is 1380. The minimum absolute atomic E-state index is 0.0509. The van der Waals surface area contributed by atoms with Crippen molar-refractivity contribution in [2.24, 2.45) is 7.05 Å². The number of thiophene rings is 1. The lowest BCUT2D eigenvalue weighted by Crippen LogP contribution is -2.19. The normalized spacial score (nSPS) is 11.5. The number of hydrogen-bond donors (Lipinski definition) is 1. The number of rotatable bonds is 5. The van der Waals surface area contributed by atoms with Crippen molar-refractivity contribution in [1.29, 1.82) is 0 Å². The fourth-order valence-corrected chi connectivity index (χ4v) is 5.49. The minimum Gasteiger partial charge on any atom is -0.330 e. The largest absolute Gasteiger partial charge is 0.330 e. The first-order chi connectivity index (χ1) is 14.1. The first-order valence-corrected chi connectivity index (χ1v) is 11.4. The molecule has 0 aliphatic rings. The zero-order valence-corrected chi connectivity index (χ0v) is 17.9. The molecule has 0 radical (unpaired) electrons. The molecule has 0 aliphatic carbocycles. The fourth-order valence-electron chi connectivity index (χ4n) is 2.95. The molecule has 5 rings (SSSR count). The van der Waals surface area contributed by atoms with Crippen LogP contribution < -0.4 is 10.9 Å². The lowest BCUT2D eigenvalue weighted by Gasteiger charge is -2.04. The van der Waals surface area contributed by atoms with Gasteiger partial charge in [0.05, 0.1) is 11.3 Å². The van der Waals surface area contributed by atoms with Crippen LogP contribution in [0.15, 0.2) is 44.8 Å². The summed E-state index contributed by atoms with van der Waals surface area (Å²) in [5.74, 6) is 1.88. The molecular weight excluding hydrogens is 426 g/mol. The summed E-state index contributed by atoms with van der Waals surface area (Å²) in [7, 11) is 1.72. The zero-order chi connectivity index (χ0) is 20.0. The summed E-state index contributed by atoms with van der Waals surface area (Å²) in [6.45, 7) is 2.05. The van der Waals surface area contributed by atoms with Gasteiger partial charge in [-0.25, -0.2) is 0 Å². The maximum Gasteiger partial charge on any atom is 0.272 e. The molecule has 0 fully saturated rings. The molecule has 0 spiro atoms. The molecule has 4 aromatic heterocycles. The highest BCUT2D eigenvalue weighted by Crippen LogP contribution is 2.30. The van der Waals surface area contributed by atoms with Crippen LogP contribution in [0.2, 0.25) is 0 Å². The lowest BCUT2D eigenvalue weighted by molar-refractivity contribution is 0.860. The molecule has 11 heteroatoms. The number of anilines is 2. The van der Waals surface area contributed by atoms with E-state index in [1.54, 1.807) is 18.8 Å². The number of thioether (sulfide) groups is 1. The van der Waals surface area contributed by atoms with Crippen molar-refractivity contribution in [3.63, 3.8) is 0 Å². The van der Waals surface area contributed by atoms with E-state index >= 15 is 0 Å². The van der Waals surface area contributed by atoms with E-state index in [2.05, 4.69) is 32.6 Å². The van der Waals surface area contributed by atoms with Gasteiger partial charge in [-0.15, -0.1) is 31.7 Å². The highest BCUT2D eigenvalue weighted by Gasteiger charge is 2.16. The van der Waals surface area contributed by atoms with Gasteiger partial charge in [-0.2, -0.15) is 0 Å². The third-order valence-electron chi connectivity index (χ3n) is 4.43. The van der Waals surface area contributed by atoms with E-state index in [1.807, 2.05) is 40.1 Å². The molecule has 1 N–H and O–H groups in total. The van der Waals surface area contributed by atoms with Crippen molar-refractivity contribution < 1.29 is 0 Å². The topological polar surface area (TPSA) is 90.0 Å². The maximum absolute atomic E-state index is 12.4. The van der Waals surface area contributed by atoms with Crippen molar-refractivity contribution in [1.82, 2.24) is 29.4 Å². The first-order valence-electron chi connectivity index (χ1n) is 8.70. The first kappa shape index (κ1) is 18.3. The summed E-state index contributed by atoms with van der Waals surface area (Å²) in [5.41, 5.74) is 2.98. The Morgan fingerprint density at radius 2 is 1.93 bits per heavy atom. The smallest absolute Gasteiger partial charge is 0.272 e. The van der Waals surface area contributed by atoms with Gasteiger partial charge in [0.2, 0.25) is 10.9 Å². The van der Waals surface area contributed by atoms with Crippen LogP contribution in [0.3, 0.4) is 0 Å². The van der Waals surface area contributed by atoms with E-state index in [1.165, 1.54) is 32.8 Å². The van der Waals surface area contributed by atoms with Crippen LogP contribution in [0.25, 0.3) is 16.0 Å². The van der Waals surface area contributed by atoms with Gasteiger partial charge in [0.1, 0.15) is 10.5 Å². The molecule has 1 aromatic carbocycles. The monoisotopic (exact) mass is 441 g/mol.